The van der Waals surface area contributed by atoms with Crippen LogP contribution in [0.3, 0.4) is 0 Å². The number of nitrogens with zero attached hydrogens (tertiary/aromatic N) is 3. The molecule has 1 amide bonds. The Balaban J connectivity index is 1.84. The first-order valence-electron chi connectivity index (χ1n) is 8.75. The zero-order valence-corrected chi connectivity index (χ0v) is 15.6. The van der Waals surface area contributed by atoms with Crippen molar-refractivity contribution < 1.29 is 9.18 Å². The van der Waals surface area contributed by atoms with Crippen molar-refractivity contribution in [2.45, 2.75) is 6.54 Å². The minimum atomic E-state index is -0.367. The number of amides is 1. The Morgan fingerprint density at radius 3 is 2.82 bits per heavy atom. The van der Waals surface area contributed by atoms with E-state index in [-0.39, 0.29) is 24.0 Å². The first-order chi connectivity index (χ1) is 13.6. The van der Waals surface area contributed by atoms with Crippen LogP contribution in [0.4, 0.5) is 4.39 Å². The van der Waals surface area contributed by atoms with Crippen molar-refractivity contribution in [3.8, 4) is 5.69 Å². The Labute approximate surface area is 165 Å². The highest BCUT2D eigenvalue weighted by Crippen LogP contribution is 2.28. The summed E-state index contributed by atoms with van der Waals surface area (Å²) in [7, 11) is 0. The summed E-state index contributed by atoms with van der Waals surface area (Å²) in [5, 5.41) is 7.64. The van der Waals surface area contributed by atoms with Gasteiger partial charge in [-0.3, -0.25) is 9.79 Å². The van der Waals surface area contributed by atoms with Gasteiger partial charge in [-0.25, -0.2) is 9.07 Å². The summed E-state index contributed by atoms with van der Waals surface area (Å²) in [6.45, 7) is 0.951. The van der Waals surface area contributed by atoms with Crippen molar-refractivity contribution in [3.05, 3.63) is 81.9 Å². The fourth-order valence-electron chi connectivity index (χ4n) is 3.14. The van der Waals surface area contributed by atoms with E-state index in [1.54, 1.807) is 47.1 Å². The van der Waals surface area contributed by atoms with Gasteiger partial charge in [-0.2, -0.15) is 5.10 Å². The lowest BCUT2D eigenvalue weighted by Crippen LogP contribution is -2.29. The Hall–Kier alpha value is -3.03. The molecule has 4 rings (SSSR count). The smallest absolute Gasteiger partial charge is 0.271 e. The zero-order chi connectivity index (χ0) is 19.7. The SMILES string of the molecule is NCCNC(=O)c1cc2n(n1)-c1ccc(Cl)cc1C(c1ccccc1F)=NC2. The van der Waals surface area contributed by atoms with Gasteiger partial charge in [0.1, 0.15) is 5.82 Å². The highest BCUT2D eigenvalue weighted by Gasteiger charge is 2.23. The van der Waals surface area contributed by atoms with E-state index in [1.165, 1.54) is 6.07 Å². The first-order valence-corrected chi connectivity index (χ1v) is 9.13. The molecule has 8 heteroatoms. The van der Waals surface area contributed by atoms with Crippen LogP contribution in [0.15, 0.2) is 53.5 Å². The van der Waals surface area contributed by atoms with Crippen LogP contribution < -0.4 is 11.1 Å². The number of rotatable bonds is 4. The molecule has 142 valence electrons. The molecule has 0 aliphatic carbocycles. The zero-order valence-electron chi connectivity index (χ0n) is 14.8. The summed E-state index contributed by atoms with van der Waals surface area (Å²) in [5.41, 5.74) is 8.63. The molecule has 6 nitrogen and oxygen atoms in total. The van der Waals surface area contributed by atoms with Gasteiger partial charge in [-0.1, -0.05) is 23.7 Å². The van der Waals surface area contributed by atoms with Crippen molar-refractivity contribution in [1.82, 2.24) is 15.1 Å². The lowest BCUT2D eigenvalue weighted by atomic mass is 10.00. The summed E-state index contributed by atoms with van der Waals surface area (Å²) in [4.78, 5) is 16.9. The molecule has 2 aromatic carbocycles. The van der Waals surface area contributed by atoms with Gasteiger partial charge in [0.05, 0.1) is 23.6 Å². The molecular weight excluding hydrogens is 381 g/mol. The molecule has 1 aliphatic rings. The second kappa shape index (κ2) is 7.53. The number of carbonyl (C=O) groups is 1. The van der Waals surface area contributed by atoms with Gasteiger partial charge in [0.25, 0.3) is 5.91 Å². The fourth-order valence-corrected chi connectivity index (χ4v) is 3.31. The number of nitrogens with one attached hydrogen (secondary N) is 1. The van der Waals surface area contributed by atoms with E-state index in [2.05, 4.69) is 15.4 Å². The van der Waals surface area contributed by atoms with Crippen LogP contribution in [0.2, 0.25) is 5.02 Å². The number of hydrogen-bond acceptors (Lipinski definition) is 4. The number of carbonyl (C=O) groups excluding carboxylic acids is 1. The van der Waals surface area contributed by atoms with E-state index in [4.69, 9.17) is 17.3 Å². The molecular formula is C20H17ClFN5O. The van der Waals surface area contributed by atoms with Crippen molar-refractivity contribution in [2.75, 3.05) is 13.1 Å². The molecule has 0 bridgehead atoms. The van der Waals surface area contributed by atoms with Crippen LogP contribution in [-0.4, -0.2) is 34.5 Å². The van der Waals surface area contributed by atoms with Crippen molar-refractivity contribution in [1.29, 1.82) is 0 Å². The van der Waals surface area contributed by atoms with E-state index in [1.807, 2.05) is 0 Å². The maximum Gasteiger partial charge on any atom is 0.271 e. The number of aromatic nitrogens is 2. The van der Waals surface area contributed by atoms with E-state index in [0.29, 0.717) is 46.3 Å². The predicted octanol–water partition coefficient (Wildman–Crippen LogP) is 2.70. The molecule has 3 aromatic rings. The summed E-state index contributed by atoms with van der Waals surface area (Å²) in [6, 6.07) is 13.4. The molecule has 1 aromatic heterocycles. The second-order valence-corrected chi connectivity index (χ2v) is 6.72. The van der Waals surface area contributed by atoms with Gasteiger partial charge in [-0.15, -0.1) is 0 Å². The van der Waals surface area contributed by atoms with Gasteiger partial charge in [-0.05, 0) is 36.4 Å². The summed E-state index contributed by atoms with van der Waals surface area (Å²) < 4.78 is 16.1. The molecule has 0 saturated carbocycles. The fraction of sp³-hybridized carbons (Fsp3) is 0.150. The van der Waals surface area contributed by atoms with Crippen molar-refractivity contribution in [3.63, 3.8) is 0 Å². The van der Waals surface area contributed by atoms with E-state index >= 15 is 0 Å². The van der Waals surface area contributed by atoms with Crippen LogP contribution in [0, 0.1) is 5.82 Å². The predicted molar refractivity (Wildman–Crippen MR) is 106 cm³/mol. The standard InChI is InChI=1S/C20H17ClFN5O/c21-12-5-6-18-15(9-12)19(14-3-1-2-4-16(14)22)25-11-13-10-17(26-27(13)18)20(28)24-8-7-23/h1-6,9-10H,7-8,11,23H2,(H,24,28). The lowest BCUT2D eigenvalue weighted by Gasteiger charge is -2.12. The van der Waals surface area contributed by atoms with Crippen LogP contribution in [0.25, 0.3) is 5.69 Å². The summed E-state index contributed by atoms with van der Waals surface area (Å²) >= 11 is 6.21. The highest BCUT2D eigenvalue weighted by molar-refractivity contribution is 6.31. The van der Waals surface area contributed by atoms with Crippen molar-refractivity contribution in [2.24, 2.45) is 10.7 Å². The van der Waals surface area contributed by atoms with Crippen LogP contribution >= 0.6 is 11.6 Å². The number of aliphatic imine (C=N–C) groups is 1. The van der Waals surface area contributed by atoms with Gasteiger partial charge in [0.2, 0.25) is 0 Å². The number of halogens is 2. The Morgan fingerprint density at radius 2 is 2.04 bits per heavy atom. The molecule has 0 spiro atoms. The average molecular weight is 398 g/mol. The van der Waals surface area contributed by atoms with Crippen LogP contribution in [-0.2, 0) is 6.54 Å². The molecule has 1 aliphatic heterocycles. The normalized spacial score (nSPS) is 12.6. The van der Waals surface area contributed by atoms with E-state index in [9.17, 15) is 9.18 Å². The molecule has 0 radical (unpaired) electrons. The maximum absolute atomic E-state index is 14.4. The molecule has 0 unspecified atom stereocenters. The minimum absolute atomic E-state index is 0.243. The Bertz CT molecular complexity index is 1090. The largest absolute Gasteiger partial charge is 0.349 e. The second-order valence-electron chi connectivity index (χ2n) is 6.28. The van der Waals surface area contributed by atoms with Crippen molar-refractivity contribution >= 4 is 23.2 Å². The number of benzene rings is 2. The van der Waals surface area contributed by atoms with Gasteiger partial charge >= 0.3 is 0 Å². The van der Waals surface area contributed by atoms with E-state index in [0.717, 1.165) is 0 Å². The van der Waals surface area contributed by atoms with Gasteiger partial charge < -0.3 is 11.1 Å². The molecule has 0 saturated heterocycles. The molecule has 0 atom stereocenters. The first kappa shape index (κ1) is 18.3. The highest BCUT2D eigenvalue weighted by atomic mass is 35.5. The molecule has 3 N–H and O–H groups in total. The topological polar surface area (TPSA) is 85.3 Å². The monoisotopic (exact) mass is 397 g/mol. The number of hydrogen-bond donors (Lipinski definition) is 2. The van der Waals surface area contributed by atoms with E-state index < -0.39 is 0 Å². The number of fused-ring (bicyclic) bond motifs is 3. The summed E-state index contributed by atoms with van der Waals surface area (Å²) in [6.07, 6.45) is 0. The third kappa shape index (κ3) is 3.30. The number of nitrogens with two attached hydrogens (primary N) is 1. The lowest BCUT2D eigenvalue weighted by molar-refractivity contribution is 0.0949. The van der Waals surface area contributed by atoms with Gasteiger partial charge in [0.15, 0.2) is 5.69 Å². The van der Waals surface area contributed by atoms with Gasteiger partial charge in [0, 0.05) is 29.2 Å². The molecule has 0 fully saturated rings. The Kier molecular flexibility index (Phi) is 4.93. The summed E-state index contributed by atoms with van der Waals surface area (Å²) in [5.74, 6) is -0.673. The third-order valence-electron chi connectivity index (χ3n) is 4.42. The third-order valence-corrected chi connectivity index (χ3v) is 4.65. The Morgan fingerprint density at radius 1 is 1.21 bits per heavy atom. The molecule has 2 heterocycles. The minimum Gasteiger partial charge on any atom is -0.349 e. The maximum atomic E-state index is 14.4. The average Bonchev–Trinajstić information content (AvgIpc) is 3.06. The molecule has 28 heavy (non-hydrogen) atoms. The van der Waals surface area contributed by atoms with Crippen LogP contribution in [0.5, 0.6) is 0 Å². The van der Waals surface area contributed by atoms with Crippen LogP contribution in [0.1, 0.15) is 27.3 Å². The quantitative estimate of drug-likeness (QED) is 0.709.